The number of fused-ring (bicyclic) bond motifs is 2. The molecule has 2 aliphatic rings. The molecular weight excluding hydrogens is 694 g/mol. The van der Waals surface area contributed by atoms with Crippen LogP contribution < -0.4 is 16.4 Å². The lowest BCUT2D eigenvalue weighted by molar-refractivity contribution is -0.160. The van der Waals surface area contributed by atoms with E-state index in [-0.39, 0.29) is 53.3 Å². The number of primary amides is 1. The van der Waals surface area contributed by atoms with Gasteiger partial charge in [0.1, 0.15) is 12.2 Å². The summed E-state index contributed by atoms with van der Waals surface area (Å²) in [6, 6.07) is 8.26. The highest BCUT2D eigenvalue weighted by atomic mass is 16.6. The summed E-state index contributed by atoms with van der Waals surface area (Å²) in [6.07, 6.45) is 5.86. The molecule has 1 aliphatic heterocycles. The molecule has 0 spiro atoms. The Morgan fingerprint density at radius 3 is 2.31 bits per heavy atom. The summed E-state index contributed by atoms with van der Waals surface area (Å²) in [4.78, 5) is 79.4. The number of ether oxygens (including phenoxy) is 4. The van der Waals surface area contributed by atoms with E-state index in [4.69, 9.17) is 24.7 Å². The lowest BCUT2D eigenvalue weighted by Gasteiger charge is -2.32. The van der Waals surface area contributed by atoms with Crippen LogP contribution in [0.1, 0.15) is 83.5 Å². The average molecular weight is 748 g/mol. The average Bonchev–Trinajstić information content (AvgIpc) is 3.13. The van der Waals surface area contributed by atoms with E-state index < -0.39 is 65.8 Å². The van der Waals surface area contributed by atoms with Crippen LogP contribution >= 0.6 is 0 Å². The van der Waals surface area contributed by atoms with Crippen molar-refractivity contribution in [3.8, 4) is 0 Å². The van der Waals surface area contributed by atoms with Crippen LogP contribution in [0.2, 0.25) is 0 Å². The summed E-state index contributed by atoms with van der Waals surface area (Å²) in [5, 5.41) is 5.19. The number of carbonyl (C=O) groups is 6. The standard InChI is InChI=1S/C41H53N3O10/c1-8-9-11-19-34(46)53-38-27(5)22-26(4)37(54-41(42)50)32(51-6)18-14-15-25(3)39(48)43-30-23-31(45)35(44-40(49)28-16-12-10-13-17-28)29(36(30)47)20-24(2)21-33(38)52-7/h10,12-18,22-24,27,32-33,37-38H,8-9,11,19-21H2,1-7H3,(H2,42,50)(H,43,48)(H,44,49)/b18-14-,25-15+,26-22+/t24-,27+,32+,33+,37+,38+/m1/s1. The third-order valence-corrected chi connectivity index (χ3v) is 9.29. The molecule has 0 aromatic heterocycles. The van der Waals surface area contributed by atoms with Gasteiger partial charge in [-0.1, -0.05) is 76.1 Å². The van der Waals surface area contributed by atoms with Crippen molar-refractivity contribution >= 4 is 35.4 Å². The summed E-state index contributed by atoms with van der Waals surface area (Å²) in [5.74, 6) is -3.80. The van der Waals surface area contributed by atoms with E-state index in [9.17, 15) is 28.8 Å². The van der Waals surface area contributed by atoms with E-state index in [1.807, 2.05) is 20.8 Å². The topological polar surface area (TPSA) is 189 Å². The number of allylic oxidation sites excluding steroid dienone is 4. The number of hydrogen-bond acceptors (Lipinski definition) is 10. The number of rotatable bonds is 10. The van der Waals surface area contributed by atoms with Crippen molar-refractivity contribution in [3.05, 3.63) is 94.4 Å². The van der Waals surface area contributed by atoms with Crippen LogP contribution in [0.4, 0.5) is 4.79 Å². The first-order valence-electron chi connectivity index (χ1n) is 18.2. The molecular formula is C41H53N3O10. The molecule has 0 saturated heterocycles. The maximum absolute atomic E-state index is 14.1. The Hall–Kier alpha value is -5.14. The van der Waals surface area contributed by atoms with Gasteiger partial charge in [-0.2, -0.15) is 0 Å². The maximum Gasteiger partial charge on any atom is 0.405 e. The van der Waals surface area contributed by atoms with Gasteiger partial charge in [0.15, 0.2) is 6.10 Å². The number of hydrogen-bond donors (Lipinski definition) is 3. The van der Waals surface area contributed by atoms with Crippen LogP contribution in [0, 0.1) is 11.8 Å². The summed E-state index contributed by atoms with van der Waals surface area (Å²) < 4.78 is 23.2. The quantitative estimate of drug-likeness (QED) is 0.122. The Morgan fingerprint density at radius 2 is 1.69 bits per heavy atom. The van der Waals surface area contributed by atoms with Gasteiger partial charge in [0, 0.05) is 49.3 Å². The lowest BCUT2D eigenvalue weighted by atomic mass is 9.85. The molecule has 1 aliphatic carbocycles. The first-order chi connectivity index (χ1) is 25.7. The first kappa shape index (κ1) is 43.3. The van der Waals surface area contributed by atoms with Gasteiger partial charge in [0.25, 0.3) is 11.8 Å². The molecule has 4 N–H and O–H groups in total. The van der Waals surface area contributed by atoms with Gasteiger partial charge < -0.3 is 35.3 Å². The van der Waals surface area contributed by atoms with E-state index in [0.29, 0.717) is 12.0 Å². The van der Waals surface area contributed by atoms with Crippen LogP contribution in [-0.2, 0) is 38.1 Å². The molecule has 1 aromatic rings. The largest absolute Gasteiger partial charge is 0.459 e. The second-order valence-electron chi connectivity index (χ2n) is 13.7. The van der Waals surface area contributed by atoms with E-state index in [1.54, 1.807) is 49.4 Å². The molecule has 1 aromatic carbocycles. The zero-order chi connectivity index (χ0) is 39.9. The predicted octanol–water partition coefficient (Wildman–Crippen LogP) is 5.32. The van der Waals surface area contributed by atoms with Gasteiger partial charge in [-0.15, -0.1) is 0 Å². The van der Waals surface area contributed by atoms with Gasteiger partial charge >= 0.3 is 12.1 Å². The van der Waals surface area contributed by atoms with Crippen LogP contribution in [0.5, 0.6) is 0 Å². The zero-order valence-electron chi connectivity index (χ0n) is 32.1. The number of unbranched alkanes of at least 4 members (excludes halogenated alkanes) is 2. The number of nitrogens with two attached hydrogens (primary N) is 1. The summed E-state index contributed by atoms with van der Waals surface area (Å²) in [5.41, 5.74) is 6.05. The summed E-state index contributed by atoms with van der Waals surface area (Å²) >= 11 is 0. The SMILES string of the molecule is CCCCCC(=O)O[C@@H]1[C@@H](OC)C[C@H](C)CC2=C(NC(=O)c3ccccc3)C(=O)C=C(NC(=O)/C(C)=C/C=C\[C@H](OC)[C@@H](OC(N)=O)/C(C)=C/[C@@H]1C)C2=O. The van der Waals surface area contributed by atoms with Crippen LogP contribution in [-0.4, -0.2) is 74.1 Å². The van der Waals surface area contributed by atoms with E-state index in [2.05, 4.69) is 10.6 Å². The minimum atomic E-state index is -1.03. The molecule has 13 nitrogen and oxygen atoms in total. The molecule has 0 unspecified atom stereocenters. The number of ketones is 2. The predicted molar refractivity (Wildman–Crippen MR) is 201 cm³/mol. The Morgan fingerprint density at radius 1 is 0.981 bits per heavy atom. The van der Waals surface area contributed by atoms with Crippen molar-refractivity contribution in [3.63, 3.8) is 0 Å². The monoisotopic (exact) mass is 747 g/mol. The first-order valence-corrected chi connectivity index (χ1v) is 18.2. The molecule has 54 heavy (non-hydrogen) atoms. The number of methoxy groups -OCH3 is 2. The maximum atomic E-state index is 14.1. The molecule has 2 bridgehead atoms. The van der Waals surface area contributed by atoms with Crippen molar-refractivity contribution in [1.29, 1.82) is 0 Å². The molecule has 3 amide bonds. The third-order valence-electron chi connectivity index (χ3n) is 9.29. The third kappa shape index (κ3) is 12.2. The minimum Gasteiger partial charge on any atom is -0.459 e. The number of carbonyl (C=O) groups excluding carboxylic acids is 6. The lowest BCUT2D eigenvalue weighted by Crippen LogP contribution is -2.40. The zero-order valence-corrected chi connectivity index (χ0v) is 32.1. The van der Waals surface area contributed by atoms with Crippen molar-refractivity contribution in [1.82, 2.24) is 10.6 Å². The number of esters is 1. The van der Waals surface area contributed by atoms with Gasteiger partial charge in [-0.25, -0.2) is 4.79 Å². The molecule has 1 heterocycles. The summed E-state index contributed by atoms with van der Waals surface area (Å²) in [6.45, 7) is 8.97. The summed E-state index contributed by atoms with van der Waals surface area (Å²) in [7, 11) is 2.91. The van der Waals surface area contributed by atoms with Gasteiger partial charge in [-0.05, 0) is 56.7 Å². The fourth-order valence-electron chi connectivity index (χ4n) is 6.40. The van der Waals surface area contributed by atoms with Crippen molar-refractivity contribution in [2.75, 3.05) is 14.2 Å². The molecule has 13 heteroatoms. The highest BCUT2D eigenvalue weighted by Crippen LogP contribution is 2.30. The van der Waals surface area contributed by atoms with Crippen LogP contribution in [0.3, 0.4) is 0 Å². The number of benzene rings is 1. The Balaban J connectivity index is 2.16. The fraction of sp³-hybridized carbons (Fsp3) is 0.463. The normalized spacial score (nSPS) is 27.0. The van der Waals surface area contributed by atoms with E-state index >= 15 is 0 Å². The molecule has 0 radical (unpaired) electrons. The number of nitrogens with one attached hydrogen (secondary N) is 2. The van der Waals surface area contributed by atoms with E-state index in [0.717, 1.165) is 18.9 Å². The highest BCUT2D eigenvalue weighted by molar-refractivity contribution is 6.24. The molecule has 6 atom stereocenters. The molecule has 0 fully saturated rings. The van der Waals surface area contributed by atoms with Crippen molar-refractivity contribution in [2.45, 2.75) is 97.6 Å². The van der Waals surface area contributed by atoms with Crippen molar-refractivity contribution < 1.29 is 47.7 Å². The number of amides is 3. The highest BCUT2D eigenvalue weighted by Gasteiger charge is 2.36. The minimum absolute atomic E-state index is 0.00403. The molecule has 292 valence electrons. The molecule has 0 saturated carbocycles. The van der Waals surface area contributed by atoms with Crippen LogP contribution in [0.15, 0.2) is 88.8 Å². The Kier molecular flexibility index (Phi) is 16.8. The Labute approximate surface area is 317 Å². The Bertz CT molecular complexity index is 1710. The van der Waals surface area contributed by atoms with Gasteiger partial charge in [0.05, 0.1) is 17.5 Å². The number of Topliss-reactive ketones (excluding diaryl/α,β-unsaturated/α-hetero) is 1. The van der Waals surface area contributed by atoms with Crippen molar-refractivity contribution in [2.24, 2.45) is 17.6 Å². The second kappa shape index (κ2) is 20.9. The van der Waals surface area contributed by atoms with Gasteiger partial charge in [-0.3, -0.25) is 24.0 Å². The van der Waals surface area contributed by atoms with Crippen LogP contribution in [0.25, 0.3) is 0 Å². The smallest absolute Gasteiger partial charge is 0.405 e. The van der Waals surface area contributed by atoms with Gasteiger partial charge in [0.2, 0.25) is 11.6 Å². The van der Waals surface area contributed by atoms with E-state index in [1.165, 1.54) is 33.3 Å². The fourth-order valence-corrected chi connectivity index (χ4v) is 6.40. The second-order valence-corrected chi connectivity index (χ2v) is 13.7. The molecule has 3 rings (SSSR count).